The molecule has 9 heteroatoms. The molecule has 40 heavy (non-hydrogen) atoms. The molecule has 4 rings (SSSR count). The fraction of sp³-hybridized carbons (Fsp3) is 0.581. The number of benzene rings is 1. The predicted octanol–water partition coefficient (Wildman–Crippen LogP) is 4.03. The fourth-order valence-corrected chi connectivity index (χ4v) is 8.98. The van der Waals surface area contributed by atoms with Crippen molar-refractivity contribution >= 4 is 40.9 Å². The van der Waals surface area contributed by atoms with E-state index in [0.717, 1.165) is 37.3 Å². The van der Waals surface area contributed by atoms with Gasteiger partial charge in [0.15, 0.2) is 0 Å². The highest BCUT2D eigenvalue weighted by Gasteiger charge is 2.74. The Morgan fingerprint density at radius 3 is 2.45 bits per heavy atom. The lowest BCUT2D eigenvalue weighted by Crippen LogP contribution is -2.55. The van der Waals surface area contributed by atoms with Crippen LogP contribution < -0.4 is 9.80 Å². The second-order valence-corrected chi connectivity index (χ2v) is 12.3. The molecular weight excluding hydrogens is 526 g/mol. The molecule has 218 valence electrons. The molecule has 3 heterocycles. The summed E-state index contributed by atoms with van der Waals surface area (Å²) in [6.45, 7) is 14.5. The maximum absolute atomic E-state index is 14.6. The monoisotopic (exact) mass is 569 g/mol. The van der Waals surface area contributed by atoms with Gasteiger partial charge in [-0.15, -0.1) is 18.3 Å². The van der Waals surface area contributed by atoms with Gasteiger partial charge in [-0.2, -0.15) is 0 Å². The number of fused-ring (bicyclic) bond motifs is 1. The predicted molar refractivity (Wildman–Crippen MR) is 160 cm³/mol. The summed E-state index contributed by atoms with van der Waals surface area (Å²) < 4.78 is 4.78. The summed E-state index contributed by atoms with van der Waals surface area (Å²) >= 11 is 1.64. The average Bonchev–Trinajstić information content (AvgIpc) is 3.61. The van der Waals surface area contributed by atoms with E-state index in [2.05, 4.69) is 31.9 Å². The number of amides is 2. The van der Waals surface area contributed by atoms with Gasteiger partial charge in [0, 0.05) is 49.4 Å². The molecule has 3 aliphatic heterocycles. The highest BCUT2D eigenvalue weighted by atomic mass is 32.2. The van der Waals surface area contributed by atoms with E-state index in [1.807, 2.05) is 24.3 Å². The Bertz CT molecular complexity index is 1090. The van der Waals surface area contributed by atoms with Crippen molar-refractivity contribution in [3.63, 3.8) is 0 Å². The summed E-state index contributed by atoms with van der Waals surface area (Å²) in [5, 5.41) is 9.22. The van der Waals surface area contributed by atoms with Crippen molar-refractivity contribution in [2.75, 3.05) is 49.2 Å². The summed E-state index contributed by atoms with van der Waals surface area (Å²) in [7, 11) is 0. The molecule has 0 saturated carbocycles. The van der Waals surface area contributed by atoms with Gasteiger partial charge in [0.2, 0.25) is 5.91 Å². The van der Waals surface area contributed by atoms with E-state index in [4.69, 9.17) is 4.74 Å². The molecule has 2 bridgehead atoms. The molecule has 0 radical (unpaired) electrons. The molecule has 0 aromatic heterocycles. The van der Waals surface area contributed by atoms with Crippen LogP contribution in [0.4, 0.5) is 11.4 Å². The Labute approximate surface area is 242 Å². The maximum atomic E-state index is 14.6. The van der Waals surface area contributed by atoms with Crippen LogP contribution in [-0.2, 0) is 19.1 Å². The van der Waals surface area contributed by atoms with Crippen molar-refractivity contribution in [2.24, 2.45) is 11.8 Å². The van der Waals surface area contributed by atoms with E-state index in [1.165, 1.54) is 6.08 Å². The van der Waals surface area contributed by atoms with Gasteiger partial charge in [0.1, 0.15) is 12.6 Å². The highest BCUT2D eigenvalue weighted by molar-refractivity contribution is 8.02. The van der Waals surface area contributed by atoms with E-state index in [0.29, 0.717) is 32.4 Å². The summed E-state index contributed by atoms with van der Waals surface area (Å²) in [5.41, 5.74) is 1.85. The molecule has 5 atom stereocenters. The number of esters is 1. The number of nitrogens with zero attached hydrogens (tertiary/aromatic N) is 3. The number of thioether (sulfide) groups is 1. The lowest BCUT2D eigenvalue weighted by molar-refractivity contribution is -0.153. The zero-order chi connectivity index (χ0) is 28.9. The van der Waals surface area contributed by atoms with E-state index in [1.54, 1.807) is 27.6 Å². The molecule has 1 spiro atoms. The minimum atomic E-state index is -0.686. The number of hydrogen-bond acceptors (Lipinski definition) is 7. The van der Waals surface area contributed by atoms with Crippen LogP contribution in [0.15, 0.2) is 49.6 Å². The largest absolute Gasteiger partial charge is 0.461 e. The lowest BCUT2D eigenvalue weighted by atomic mass is 9.71. The van der Waals surface area contributed by atoms with Gasteiger partial charge >= 0.3 is 5.97 Å². The van der Waals surface area contributed by atoms with Crippen molar-refractivity contribution in [2.45, 2.75) is 62.0 Å². The summed E-state index contributed by atoms with van der Waals surface area (Å²) in [6, 6.07) is 7.29. The van der Waals surface area contributed by atoms with Crippen LogP contribution in [0.25, 0.3) is 0 Å². The number of carbonyl (C=O) groups is 3. The number of carbonyl (C=O) groups excluding carboxylic acids is 3. The first-order chi connectivity index (χ1) is 19.4. The first-order valence-corrected chi connectivity index (χ1v) is 15.4. The summed E-state index contributed by atoms with van der Waals surface area (Å²) in [4.78, 5) is 47.5. The minimum absolute atomic E-state index is 0.0423. The molecule has 8 nitrogen and oxygen atoms in total. The van der Waals surface area contributed by atoms with Crippen LogP contribution in [0.3, 0.4) is 0 Å². The van der Waals surface area contributed by atoms with Crippen molar-refractivity contribution in [3.8, 4) is 0 Å². The fourth-order valence-electron chi connectivity index (χ4n) is 6.78. The molecule has 1 aromatic carbocycles. The van der Waals surface area contributed by atoms with Crippen LogP contribution in [0.5, 0.6) is 0 Å². The van der Waals surface area contributed by atoms with Crippen LogP contribution in [0.1, 0.15) is 46.0 Å². The third-order valence-corrected chi connectivity index (χ3v) is 10.5. The molecule has 0 aliphatic carbocycles. The first-order valence-electron chi connectivity index (χ1n) is 14.5. The third-order valence-electron chi connectivity index (χ3n) is 8.57. The minimum Gasteiger partial charge on any atom is -0.461 e. The van der Waals surface area contributed by atoms with Crippen LogP contribution >= 0.6 is 11.8 Å². The molecule has 1 N–H and O–H groups in total. The van der Waals surface area contributed by atoms with Gasteiger partial charge in [-0.25, -0.2) is 0 Å². The quantitative estimate of drug-likeness (QED) is 0.194. The zero-order valence-electron chi connectivity index (χ0n) is 23.8. The Hall–Kier alpha value is -2.78. The zero-order valence-corrected chi connectivity index (χ0v) is 24.6. The van der Waals surface area contributed by atoms with Crippen molar-refractivity contribution < 1.29 is 24.2 Å². The first kappa shape index (κ1) is 30.2. The number of ether oxygens (including phenoxy) is 1. The van der Waals surface area contributed by atoms with Crippen molar-refractivity contribution in [3.05, 3.63) is 49.6 Å². The molecule has 2 unspecified atom stereocenters. The number of aliphatic hydroxyl groups excluding tert-OH is 1. The number of likely N-dealkylation sites (tertiary alicyclic amines) is 1. The number of anilines is 2. The maximum Gasteiger partial charge on any atom is 0.311 e. The summed E-state index contributed by atoms with van der Waals surface area (Å²) in [5.74, 6) is -1.79. The smallest absolute Gasteiger partial charge is 0.311 e. The number of unbranched alkanes of at least 4 members (excludes halogenated alkanes) is 2. The molecule has 3 aliphatic rings. The third kappa shape index (κ3) is 5.42. The number of aliphatic hydroxyl groups is 1. The number of rotatable bonds is 15. The molecule has 3 fully saturated rings. The summed E-state index contributed by atoms with van der Waals surface area (Å²) in [6.07, 6.45) is 6.79. The van der Waals surface area contributed by atoms with Gasteiger partial charge in [0.05, 0.1) is 16.6 Å². The van der Waals surface area contributed by atoms with Crippen LogP contribution in [0, 0.1) is 11.8 Å². The van der Waals surface area contributed by atoms with Gasteiger partial charge in [-0.3, -0.25) is 14.4 Å². The van der Waals surface area contributed by atoms with Gasteiger partial charge in [0.25, 0.3) is 5.91 Å². The van der Waals surface area contributed by atoms with Crippen LogP contribution in [0.2, 0.25) is 0 Å². The Morgan fingerprint density at radius 2 is 1.82 bits per heavy atom. The molecule has 3 saturated heterocycles. The van der Waals surface area contributed by atoms with E-state index in [9.17, 15) is 19.5 Å². The second kappa shape index (κ2) is 13.3. The highest BCUT2D eigenvalue weighted by Crippen LogP contribution is 2.66. The SMILES string of the molecule is C=CCOC(=O)[C@@H]1[C@@H]2CCC3(S2)C(C(=O)N(CC=C)c2ccc(N(CC)CC)cc2)N(CCCCCO)C(=O)[C@H]13. The molecular formula is C31H43N3O5S. The topological polar surface area (TPSA) is 90.4 Å². The van der Waals surface area contributed by atoms with E-state index in [-0.39, 0.29) is 36.2 Å². The Morgan fingerprint density at radius 1 is 1.12 bits per heavy atom. The van der Waals surface area contributed by atoms with Crippen molar-refractivity contribution in [1.82, 2.24) is 4.90 Å². The molecule has 1 aromatic rings. The lowest BCUT2D eigenvalue weighted by Gasteiger charge is -2.37. The van der Waals surface area contributed by atoms with Crippen LogP contribution in [-0.4, -0.2) is 83.2 Å². The van der Waals surface area contributed by atoms with Gasteiger partial charge in [-0.05, 0) is 70.2 Å². The van der Waals surface area contributed by atoms with Gasteiger partial charge in [-0.1, -0.05) is 18.7 Å². The molecule has 2 amide bonds. The average molecular weight is 570 g/mol. The Balaban J connectivity index is 1.69. The number of hydrogen-bond donors (Lipinski definition) is 1. The second-order valence-electron chi connectivity index (χ2n) is 10.7. The Kier molecular flexibility index (Phi) is 10.0. The van der Waals surface area contributed by atoms with E-state index < -0.39 is 22.6 Å². The standard InChI is InChI=1S/C31H43N3O5S/c1-5-18-33(23-14-12-22(13-15-23)32(7-3)8-4)29(37)27-31-17-16-24(40-31)25(30(38)39-21-6-2)26(31)28(36)34(27)19-10-9-11-20-35/h5-6,12-15,24-27,35H,1-2,7-11,16-21H2,3-4H3/t24-,25+,26-,27?,31?/m0/s1. The van der Waals surface area contributed by atoms with Gasteiger partial charge < -0.3 is 24.5 Å². The van der Waals surface area contributed by atoms with E-state index >= 15 is 0 Å². The normalized spacial score (nSPS) is 26.5. The van der Waals surface area contributed by atoms with Crippen molar-refractivity contribution in [1.29, 1.82) is 0 Å².